The van der Waals surface area contributed by atoms with E-state index in [1.54, 1.807) is 29.5 Å². The maximum Gasteiger partial charge on any atom is 0.145 e. The van der Waals surface area contributed by atoms with Gasteiger partial charge in [-0.25, -0.2) is 4.39 Å². The summed E-state index contributed by atoms with van der Waals surface area (Å²) in [6.07, 6.45) is 1.63. The number of hydrogen-bond acceptors (Lipinski definition) is 2. The second kappa shape index (κ2) is 7.55. The van der Waals surface area contributed by atoms with E-state index in [-0.39, 0.29) is 16.9 Å². The maximum atomic E-state index is 14.0. The number of halogens is 3. The highest BCUT2D eigenvalue weighted by atomic mass is 79.9. The van der Waals surface area contributed by atoms with Crippen molar-refractivity contribution < 1.29 is 4.39 Å². The Hall–Kier alpha value is -0.420. The highest BCUT2D eigenvalue weighted by molar-refractivity contribution is 9.11. The Morgan fingerprint density at radius 3 is 2.90 bits per heavy atom. The molecule has 1 aromatic heterocycles. The highest BCUT2D eigenvalue weighted by Gasteiger charge is 2.16. The SMILES string of the molecule is CCCNC(Cc1cccc(Cl)c1F)c1csc(Br)c1. The third-order valence-corrected chi connectivity index (χ3v) is 4.90. The molecule has 0 saturated carbocycles. The summed E-state index contributed by atoms with van der Waals surface area (Å²) in [4.78, 5) is 0. The highest BCUT2D eigenvalue weighted by Crippen LogP contribution is 2.29. The molecule has 1 heterocycles. The van der Waals surface area contributed by atoms with Gasteiger partial charge in [0, 0.05) is 6.04 Å². The zero-order valence-electron chi connectivity index (χ0n) is 11.1. The molecule has 1 nitrogen and oxygen atoms in total. The van der Waals surface area contributed by atoms with Crippen molar-refractivity contribution in [3.63, 3.8) is 0 Å². The first-order chi connectivity index (χ1) is 9.61. The summed E-state index contributed by atoms with van der Waals surface area (Å²) < 4.78 is 15.1. The molecular weight excluding hydrogens is 361 g/mol. The van der Waals surface area contributed by atoms with Crippen LogP contribution < -0.4 is 5.32 Å². The number of rotatable bonds is 6. The Morgan fingerprint density at radius 2 is 2.25 bits per heavy atom. The van der Waals surface area contributed by atoms with E-state index in [1.807, 2.05) is 0 Å². The van der Waals surface area contributed by atoms with Crippen LogP contribution in [0.1, 0.15) is 30.5 Å². The van der Waals surface area contributed by atoms with E-state index < -0.39 is 0 Å². The molecule has 1 N–H and O–H groups in total. The summed E-state index contributed by atoms with van der Waals surface area (Å²) >= 11 is 11.0. The molecule has 0 aliphatic carbocycles. The van der Waals surface area contributed by atoms with Gasteiger partial charge in [-0.3, -0.25) is 0 Å². The molecule has 1 aromatic carbocycles. The van der Waals surface area contributed by atoms with Gasteiger partial charge in [-0.1, -0.05) is 30.7 Å². The fraction of sp³-hybridized carbons (Fsp3) is 0.333. The Labute approximate surface area is 136 Å². The van der Waals surface area contributed by atoms with Gasteiger partial charge in [0.25, 0.3) is 0 Å². The molecular formula is C15H16BrClFNS. The van der Waals surface area contributed by atoms with Gasteiger partial charge in [-0.2, -0.15) is 0 Å². The van der Waals surface area contributed by atoms with Gasteiger partial charge in [-0.15, -0.1) is 11.3 Å². The van der Waals surface area contributed by atoms with Gasteiger partial charge in [0.2, 0.25) is 0 Å². The van der Waals surface area contributed by atoms with E-state index in [9.17, 15) is 4.39 Å². The third-order valence-electron chi connectivity index (χ3n) is 3.09. The monoisotopic (exact) mass is 375 g/mol. The number of thiophene rings is 1. The molecule has 0 aliphatic heterocycles. The molecule has 0 saturated heterocycles. The minimum Gasteiger partial charge on any atom is -0.310 e. The normalized spacial score (nSPS) is 12.6. The lowest BCUT2D eigenvalue weighted by atomic mass is 10.0. The molecule has 0 aliphatic rings. The van der Waals surface area contributed by atoms with E-state index in [1.165, 1.54) is 5.56 Å². The van der Waals surface area contributed by atoms with Crippen LogP contribution in [0.4, 0.5) is 4.39 Å². The third kappa shape index (κ3) is 4.04. The Kier molecular flexibility index (Phi) is 6.02. The largest absolute Gasteiger partial charge is 0.310 e. The van der Waals surface area contributed by atoms with Gasteiger partial charge in [0.15, 0.2) is 0 Å². The summed E-state index contributed by atoms with van der Waals surface area (Å²) in [6.45, 7) is 3.02. The molecule has 0 amide bonds. The van der Waals surface area contributed by atoms with E-state index in [0.29, 0.717) is 12.0 Å². The molecule has 1 atom stereocenters. The smallest absolute Gasteiger partial charge is 0.145 e. The van der Waals surface area contributed by atoms with Gasteiger partial charge in [-0.05, 0) is 64.0 Å². The van der Waals surface area contributed by atoms with Gasteiger partial charge in [0.1, 0.15) is 5.82 Å². The number of hydrogen-bond donors (Lipinski definition) is 1. The minimum absolute atomic E-state index is 0.102. The quantitative estimate of drug-likeness (QED) is 0.693. The first-order valence-electron chi connectivity index (χ1n) is 6.52. The van der Waals surface area contributed by atoms with Crippen LogP contribution in [0.25, 0.3) is 0 Å². The van der Waals surface area contributed by atoms with Crippen molar-refractivity contribution in [2.45, 2.75) is 25.8 Å². The van der Waals surface area contributed by atoms with Crippen LogP contribution in [0.2, 0.25) is 5.02 Å². The predicted molar refractivity (Wildman–Crippen MR) is 88.2 cm³/mol. The van der Waals surface area contributed by atoms with Crippen molar-refractivity contribution in [3.05, 3.63) is 55.4 Å². The van der Waals surface area contributed by atoms with Crippen molar-refractivity contribution >= 4 is 38.9 Å². The lowest BCUT2D eigenvalue weighted by molar-refractivity contribution is 0.514. The molecule has 0 radical (unpaired) electrons. The summed E-state index contributed by atoms with van der Waals surface area (Å²) in [6, 6.07) is 7.35. The zero-order chi connectivity index (χ0) is 14.5. The summed E-state index contributed by atoms with van der Waals surface area (Å²) in [7, 11) is 0. The fourth-order valence-corrected chi connectivity index (χ4v) is 3.48. The average molecular weight is 377 g/mol. The van der Waals surface area contributed by atoms with Gasteiger partial charge < -0.3 is 5.32 Å². The molecule has 0 fully saturated rings. The Balaban J connectivity index is 2.21. The topological polar surface area (TPSA) is 12.0 Å². The maximum absolute atomic E-state index is 14.0. The molecule has 108 valence electrons. The van der Waals surface area contributed by atoms with E-state index in [4.69, 9.17) is 11.6 Å². The van der Waals surface area contributed by atoms with E-state index in [0.717, 1.165) is 16.8 Å². The average Bonchev–Trinajstić information content (AvgIpc) is 2.86. The van der Waals surface area contributed by atoms with Crippen LogP contribution >= 0.6 is 38.9 Å². The van der Waals surface area contributed by atoms with Gasteiger partial charge >= 0.3 is 0 Å². The van der Waals surface area contributed by atoms with Crippen molar-refractivity contribution in [1.29, 1.82) is 0 Å². The lowest BCUT2D eigenvalue weighted by Crippen LogP contribution is -2.24. The fourth-order valence-electron chi connectivity index (χ4n) is 2.06. The first kappa shape index (κ1) is 16.0. The van der Waals surface area contributed by atoms with Crippen LogP contribution in [-0.2, 0) is 6.42 Å². The Morgan fingerprint density at radius 1 is 1.45 bits per heavy atom. The van der Waals surface area contributed by atoms with Crippen molar-refractivity contribution in [2.24, 2.45) is 0 Å². The Bertz CT molecular complexity index is 573. The molecule has 2 aromatic rings. The van der Waals surface area contributed by atoms with E-state index >= 15 is 0 Å². The van der Waals surface area contributed by atoms with Gasteiger partial charge in [0.05, 0.1) is 8.81 Å². The van der Waals surface area contributed by atoms with Crippen LogP contribution in [0, 0.1) is 5.82 Å². The summed E-state index contributed by atoms with van der Waals surface area (Å²) in [5.74, 6) is -0.313. The van der Waals surface area contributed by atoms with Crippen molar-refractivity contribution in [1.82, 2.24) is 5.32 Å². The number of benzene rings is 1. The van der Waals surface area contributed by atoms with Crippen LogP contribution in [0.15, 0.2) is 33.4 Å². The second-order valence-electron chi connectivity index (χ2n) is 4.61. The van der Waals surface area contributed by atoms with Crippen LogP contribution in [0.3, 0.4) is 0 Å². The van der Waals surface area contributed by atoms with E-state index in [2.05, 4.69) is 39.6 Å². The molecule has 0 spiro atoms. The van der Waals surface area contributed by atoms with Crippen molar-refractivity contribution in [3.8, 4) is 0 Å². The summed E-state index contributed by atoms with van der Waals surface area (Å²) in [5, 5.41) is 5.75. The lowest BCUT2D eigenvalue weighted by Gasteiger charge is -2.18. The van der Waals surface area contributed by atoms with Crippen LogP contribution in [0.5, 0.6) is 0 Å². The predicted octanol–water partition coefficient (Wildman–Crippen LogP) is 5.59. The second-order valence-corrected chi connectivity index (χ2v) is 7.31. The molecule has 0 bridgehead atoms. The molecule has 1 unspecified atom stereocenters. The van der Waals surface area contributed by atoms with Crippen molar-refractivity contribution in [2.75, 3.05) is 6.54 Å². The first-order valence-corrected chi connectivity index (χ1v) is 8.57. The minimum atomic E-state index is -0.313. The molecule has 5 heteroatoms. The van der Waals surface area contributed by atoms with Crippen LogP contribution in [-0.4, -0.2) is 6.54 Å². The summed E-state index contributed by atoms with van der Waals surface area (Å²) in [5.41, 5.74) is 1.82. The molecule has 20 heavy (non-hydrogen) atoms. The molecule has 2 rings (SSSR count). The zero-order valence-corrected chi connectivity index (χ0v) is 14.3. The number of nitrogens with one attached hydrogen (secondary N) is 1. The standard InChI is InChI=1S/C15H16BrClFNS/c1-2-6-19-13(11-8-14(16)20-9-11)7-10-4-3-5-12(17)15(10)18/h3-5,8-9,13,19H,2,6-7H2,1H3.